The minimum atomic E-state index is -4.66. The number of quaternary nitrogens is 1. The number of carbonyl (C=O) groups is 4. The maximum Gasteiger partial charge on any atom is 0.330 e. The first-order valence-corrected chi connectivity index (χ1v) is 25.9. The van der Waals surface area contributed by atoms with E-state index in [9.17, 15) is 28.6 Å². The molecule has 0 heterocycles. The van der Waals surface area contributed by atoms with E-state index in [1.54, 1.807) is 24.3 Å². The zero-order valence-corrected chi connectivity index (χ0v) is 41.5. The van der Waals surface area contributed by atoms with Crippen molar-refractivity contribution in [2.45, 2.75) is 187 Å². The zero-order valence-electron chi connectivity index (χ0n) is 40.6. The number of allylic oxidation sites excluding steroid dienone is 6. The highest BCUT2D eigenvalue weighted by molar-refractivity contribution is 7.45. The number of esters is 4. The van der Waals surface area contributed by atoms with Crippen molar-refractivity contribution >= 4 is 31.7 Å². The smallest absolute Gasteiger partial charge is 0.330 e. The Hall–Kier alpha value is -3.09. The molecular weight excluding hydrogens is 838 g/mol. The number of rotatable bonds is 44. The normalized spacial score (nSPS) is 13.5. The molecule has 0 amide bonds. The van der Waals surface area contributed by atoms with E-state index in [1.165, 1.54) is 69.9 Å². The Morgan fingerprint density at radius 2 is 0.859 bits per heavy atom. The number of ether oxygens (including phenoxy) is 4. The van der Waals surface area contributed by atoms with Crippen molar-refractivity contribution in [2.75, 3.05) is 60.7 Å². The van der Waals surface area contributed by atoms with Gasteiger partial charge in [-0.1, -0.05) is 165 Å². The van der Waals surface area contributed by atoms with E-state index >= 15 is 0 Å². The lowest BCUT2D eigenvalue weighted by Gasteiger charge is -2.28. The lowest BCUT2D eigenvalue weighted by Crippen LogP contribution is -2.37. The lowest BCUT2D eigenvalue weighted by molar-refractivity contribution is -0.870. The fourth-order valence-electron chi connectivity index (χ4n) is 6.47. The summed E-state index contributed by atoms with van der Waals surface area (Å²) in [5.74, 6) is -1.50. The first kappa shape index (κ1) is 60.9. The number of hydrogen-bond donors (Lipinski definition) is 0. The molecule has 0 aromatic rings. The molecule has 0 saturated carbocycles. The van der Waals surface area contributed by atoms with Crippen LogP contribution in [0.2, 0.25) is 0 Å². The largest absolute Gasteiger partial charge is 0.756 e. The Bertz CT molecular complexity index is 1360. The summed E-state index contributed by atoms with van der Waals surface area (Å²) in [5, 5.41) is 0. The molecule has 0 fully saturated rings. The van der Waals surface area contributed by atoms with Gasteiger partial charge in [-0.25, -0.2) is 9.59 Å². The monoisotopic (exact) mass is 926 g/mol. The van der Waals surface area contributed by atoms with Crippen LogP contribution in [-0.4, -0.2) is 95.2 Å². The quantitative estimate of drug-likeness (QED) is 0.0108. The number of unbranched alkanes of at least 4 members (excludes halogenated alkanes) is 22. The van der Waals surface area contributed by atoms with Gasteiger partial charge in [-0.05, 0) is 39.5 Å². The van der Waals surface area contributed by atoms with Gasteiger partial charge in [-0.15, -0.1) is 0 Å². The van der Waals surface area contributed by atoms with E-state index in [0.29, 0.717) is 37.1 Å². The topological polar surface area (TPSA) is 164 Å². The van der Waals surface area contributed by atoms with E-state index in [-0.39, 0.29) is 38.0 Å². The molecule has 2 atom stereocenters. The molecule has 0 bridgehead atoms. The highest BCUT2D eigenvalue weighted by Gasteiger charge is 2.22. The molecular formula is C50H88NO12P. The van der Waals surface area contributed by atoms with Gasteiger partial charge in [-0.2, -0.15) is 0 Å². The predicted octanol–water partition coefficient (Wildman–Crippen LogP) is 11.1. The van der Waals surface area contributed by atoms with Crippen LogP contribution in [0.3, 0.4) is 0 Å². The van der Waals surface area contributed by atoms with Crippen LogP contribution >= 0.6 is 7.82 Å². The van der Waals surface area contributed by atoms with Crippen LogP contribution in [0.1, 0.15) is 181 Å². The first-order valence-electron chi connectivity index (χ1n) is 24.5. The van der Waals surface area contributed by atoms with Crippen molar-refractivity contribution in [1.82, 2.24) is 0 Å². The van der Waals surface area contributed by atoms with Crippen molar-refractivity contribution < 1.29 is 61.1 Å². The van der Waals surface area contributed by atoms with Crippen LogP contribution in [0, 0.1) is 0 Å². The van der Waals surface area contributed by atoms with Crippen molar-refractivity contribution in [3.8, 4) is 0 Å². The number of phosphoric ester groups is 1. The standard InChI is InChI=1S/C50H88NO12P/c1-6-8-30-36-47(52)58-41-34-28-24-20-16-12-10-14-18-22-26-32-38-49(54)60-44-46(45-62-64(56,57)61-43-40-51(3,4)5)63-50(55)39-33-27-23-19-15-11-13-17-21-25-29-35-42-59-48(53)37-31-9-7-2/h6-9,30-31,36-37,46H,10-29,32-35,38-45H2,1-5H3/b8-6+,9-7+,36-30+,37-31+/t46-/m1/s1. The van der Waals surface area contributed by atoms with E-state index < -0.39 is 32.5 Å². The highest BCUT2D eigenvalue weighted by atomic mass is 31.2. The molecule has 64 heavy (non-hydrogen) atoms. The maximum absolute atomic E-state index is 12.7. The summed E-state index contributed by atoms with van der Waals surface area (Å²) < 4.78 is 44.3. The Labute approximate surface area is 388 Å². The minimum absolute atomic E-state index is 0.0555. The molecule has 0 saturated heterocycles. The van der Waals surface area contributed by atoms with Crippen molar-refractivity contribution in [1.29, 1.82) is 0 Å². The average molecular weight is 926 g/mol. The summed E-state index contributed by atoms with van der Waals surface area (Å²) in [5.41, 5.74) is 0. The Balaban J connectivity index is 4.25. The molecule has 0 aromatic heterocycles. The summed E-state index contributed by atoms with van der Waals surface area (Å²) in [6.45, 7) is 4.31. The second-order valence-electron chi connectivity index (χ2n) is 17.5. The summed E-state index contributed by atoms with van der Waals surface area (Å²) >= 11 is 0. The zero-order chi connectivity index (χ0) is 47.4. The van der Waals surface area contributed by atoms with Crippen molar-refractivity contribution in [2.24, 2.45) is 0 Å². The second kappa shape index (κ2) is 42.5. The fourth-order valence-corrected chi connectivity index (χ4v) is 7.20. The van der Waals surface area contributed by atoms with Crippen LogP contribution in [0.5, 0.6) is 0 Å². The molecule has 0 aromatic carbocycles. The van der Waals surface area contributed by atoms with Crippen LogP contribution in [-0.2, 0) is 51.7 Å². The number of nitrogens with zero attached hydrogens (tertiary/aromatic N) is 1. The third-order valence-corrected chi connectivity index (χ3v) is 11.2. The maximum atomic E-state index is 12.7. The van der Waals surface area contributed by atoms with Crippen LogP contribution in [0.25, 0.3) is 0 Å². The third kappa shape index (κ3) is 45.5. The molecule has 370 valence electrons. The molecule has 0 radical (unpaired) electrons. The third-order valence-electron chi connectivity index (χ3n) is 10.3. The van der Waals surface area contributed by atoms with Crippen molar-refractivity contribution in [3.63, 3.8) is 0 Å². The van der Waals surface area contributed by atoms with Gasteiger partial charge in [0.2, 0.25) is 0 Å². The van der Waals surface area contributed by atoms with Crippen LogP contribution in [0.4, 0.5) is 0 Å². The number of phosphoric acid groups is 1. The average Bonchev–Trinajstić information content (AvgIpc) is 3.24. The molecule has 0 spiro atoms. The molecule has 0 N–H and O–H groups in total. The van der Waals surface area contributed by atoms with Gasteiger partial charge in [0.05, 0.1) is 41.0 Å². The van der Waals surface area contributed by atoms with E-state index in [1.807, 2.05) is 47.1 Å². The van der Waals surface area contributed by atoms with E-state index in [4.69, 9.17) is 28.0 Å². The predicted molar refractivity (Wildman–Crippen MR) is 253 cm³/mol. The number of hydrogen-bond acceptors (Lipinski definition) is 12. The van der Waals surface area contributed by atoms with Gasteiger partial charge in [0.25, 0.3) is 7.82 Å². The van der Waals surface area contributed by atoms with Gasteiger partial charge in [-0.3, -0.25) is 14.2 Å². The minimum Gasteiger partial charge on any atom is -0.756 e. The number of carbonyl (C=O) groups excluding carboxylic acids is 4. The van der Waals surface area contributed by atoms with Gasteiger partial charge < -0.3 is 37.4 Å². The van der Waals surface area contributed by atoms with E-state index in [0.717, 1.165) is 83.5 Å². The van der Waals surface area contributed by atoms with Crippen LogP contribution < -0.4 is 4.89 Å². The molecule has 1 unspecified atom stereocenters. The van der Waals surface area contributed by atoms with Gasteiger partial charge >= 0.3 is 23.9 Å². The molecule has 0 aliphatic carbocycles. The Kier molecular flexibility index (Phi) is 40.5. The summed E-state index contributed by atoms with van der Waals surface area (Å²) in [7, 11) is 1.08. The van der Waals surface area contributed by atoms with Crippen molar-refractivity contribution in [3.05, 3.63) is 48.6 Å². The molecule has 13 nitrogen and oxygen atoms in total. The summed E-state index contributed by atoms with van der Waals surface area (Å²) in [6, 6.07) is 0. The fraction of sp³-hybridized carbons (Fsp3) is 0.760. The van der Waals surface area contributed by atoms with E-state index in [2.05, 4.69) is 0 Å². The van der Waals surface area contributed by atoms with Crippen LogP contribution in [0.15, 0.2) is 48.6 Å². The highest BCUT2D eigenvalue weighted by Crippen LogP contribution is 2.38. The van der Waals surface area contributed by atoms with Gasteiger partial charge in [0.15, 0.2) is 6.10 Å². The first-order chi connectivity index (χ1) is 30.8. The van der Waals surface area contributed by atoms with Gasteiger partial charge in [0, 0.05) is 25.0 Å². The molecule has 0 aliphatic rings. The lowest BCUT2D eigenvalue weighted by atomic mass is 10.0. The summed E-state index contributed by atoms with van der Waals surface area (Å²) in [6.07, 6.45) is 38.4. The molecule has 0 aliphatic heterocycles. The molecule has 0 rings (SSSR count). The number of likely N-dealkylation sites (N-methyl/N-ethyl adjacent to an activating group) is 1. The Morgan fingerprint density at radius 1 is 0.484 bits per heavy atom. The SMILES string of the molecule is C/C=C/C=C/C(=O)OCCCCCCCCCCCCCCC(=O)OC[C@H](COP(=O)([O-])OCC[N+](C)(C)C)OC(=O)CCCCCCCCCCCCCCOC(=O)/C=C/C=C/C. The second-order valence-corrected chi connectivity index (χ2v) is 18.9. The van der Waals surface area contributed by atoms with Gasteiger partial charge in [0.1, 0.15) is 19.8 Å². The Morgan fingerprint density at radius 3 is 1.25 bits per heavy atom. The molecule has 14 heteroatoms. The summed E-state index contributed by atoms with van der Waals surface area (Å²) in [4.78, 5) is 60.8.